The van der Waals surface area contributed by atoms with Crippen LogP contribution in [0.1, 0.15) is 5.82 Å². The fourth-order valence-electron chi connectivity index (χ4n) is 1.05. The maximum absolute atomic E-state index is 10.8. The number of hydrogen-bond donors (Lipinski definition) is 1. The Bertz CT molecular complexity index is 582. The van der Waals surface area contributed by atoms with Gasteiger partial charge in [0.1, 0.15) is 0 Å². The summed E-state index contributed by atoms with van der Waals surface area (Å²) in [4.78, 5) is 19.7. The third kappa shape index (κ3) is 3.02. The molecule has 92 valence electrons. The summed E-state index contributed by atoms with van der Waals surface area (Å²) in [6, 6.07) is 6.53. The van der Waals surface area contributed by atoms with Gasteiger partial charge in [0.25, 0.3) is 0 Å². The van der Waals surface area contributed by atoms with Crippen molar-refractivity contribution in [1.29, 1.82) is 0 Å². The minimum Gasteiger partial charge on any atom is -0.374 e. The molecule has 0 saturated carbocycles. The number of carbonyl (C=O) groups excluding carboxylic acids is 1. The summed E-state index contributed by atoms with van der Waals surface area (Å²) in [5.41, 5.74) is 5.38. The summed E-state index contributed by atoms with van der Waals surface area (Å²) in [5.74, 6) is 0.586. The molecule has 2 N–H and O–H groups in total. The van der Waals surface area contributed by atoms with Crippen molar-refractivity contribution in [3.8, 4) is 5.75 Å². The van der Waals surface area contributed by atoms with Gasteiger partial charge in [-0.15, -0.1) is 0 Å². The molecule has 1 aromatic carbocycles. The molecule has 0 bridgehead atoms. The second kappa shape index (κ2) is 5.56. The van der Waals surface area contributed by atoms with Gasteiger partial charge < -0.3 is 10.6 Å². The number of nitrogens with two attached hydrogens (primary N) is 1. The Balaban J connectivity index is 2.15. The molecule has 0 radical (unpaired) electrons. The molecule has 0 saturated heterocycles. The molecule has 1 aromatic heterocycles. The molecule has 0 spiro atoms. The van der Waals surface area contributed by atoms with Crippen molar-refractivity contribution >= 4 is 40.3 Å². The van der Waals surface area contributed by atoms with Crippen LogP contribution in [-0.4, -0.2) is 21.4 Å². The Labute approximate surface area is 111 Å². The Kier molecular flexibility index (Phi) is 3.85. The van der Waals surface area contributed by atoms with Gasteiger partial charge in [-0.25, -0.2) is 0 Å². The molecule has 6 nitrogen and oxygen atoms in total. The Morgan fingerprint density at radius 2 is 2.17 bits per heavy atom. The molecule has 0 aliphatic carbocycles. The molecular formula is C10H7ClN4O2S. The normalized spacial score (nSPS) is 11.3. The number of oxime groups is 1. The molecule has 8 heteroatoms. The minimum atomic E-state index is -0.0297. The number of hydrogen-bond acceptors (Lipinski definition) is 7. The van der Waals surface area contributed by atoms with Gasteiger partial charge in [0.15, 0.2) is 28.7 Å². The molecule has 0 aliphatic rings. The first kappa shape index (κ1) is 12.5. The maximum Gasteiger partial charge on any atom is 0.200 e. The van der Waals surface area contributed by atoms with Crippen LogP contribution >= 0.6 is 23.1 Å². The number of rotatable bonds is 4. The van der Waals surface area contributed by atoms with E-state index in [1.807, 2.05) is 0 Å². The monoisotopic (exact) mass is 282 g/mol. The van der Waals surface area contributed by atoms with Gasteiger partial charge in [-0.2, -0.15) is 9.36 Å². The number of anilines is 1. The average Bonchev–Trinajstić information content (AvgIpc) is 2.79. The van der Waals surface area contributed by atoms with Crippen LogP contribution in [0.4, 0.5) is 5.13 Å². The van der Waals surface area contributed by atoms with Crippen molar-refractivity contribution in [2.75, 3.05) is 5.73 Å². The predicted molar refractivity (Wildman–Crippen MR) is 69.0 cm³/mol. The lowest BCUT2D eigenvalue weighted by Crippen LogP contribution is -2.07. The summed E-state index contributed by atoms with van der Waals surface area (Å²) in [6.07, 6.45) is 0.497. The van der Waals surface area contributed by atoms with Gasteiger partial charge in [-0.05, 0) is 24.3 Å². The molecule has 0 unspecified atom stereocenters. The topological polar surface area (TPSA) is 90.5 Å². The van der Waals surface area contributed by atoms with Crippen molar-refractivity contribution in [1.82, 2.24) is 9.36 Å². The Hall–Kier alpha value is -1.99. The van der Waals surface area contributed by atoms with E-state index in [9.17, 15) is 4.79 Å². The molecule has 0 amide bonds. The summed E-state index contributed by atoms with van der Waals surface area (Å²) < 4.78 is 3.86. The number of aldehydes is 1. The van der Waals surface area contributed by atoms with Gasteiger partial charge >= 0.3 is 0 Å². The standard InChI is InChI=1S/C10H7ClN4O2S/c11-6-1-3-7(4-2-6)17-14-8(5-16)9-13-10(12)18-15-9/h1-5H,(H2,12,13,15)/b14-8-. The van der Waals surface area contributed by atoms with Gasteiger partial charge in [-0.1, -0.05) is 16.8 Å². The third-order valence-corrected chi connectivity index (χ3v) is 2.64. The SMILES string of the molecule is Nc1nc(/C(C=O)=N\Oc2ccc(Cl)cc2)ns1. The van der Waals surface area contributed by atoms with Crippen LogP contribution in [-0.2, 0) is 4.79 Å². The molecule has 0 aliphatic heterocycles. The number of nitrogen functional groups attached to an aromatic ring is 1. The quantitative estimate of drug-likeness (QED) is 0.524. The first-order valence-electron chi connectivity index (χ1n) is 4.74. The molecule has 0 atom stereocenters. The van der Waals surface area contributed by atoms with Gasteiger partial charge in [0.05, 0.1) is 0 Å². The van der Waals surface area contributed by atoms with E-state index in [-0.39, 0.29) is 16.7 Å². The summed E-state index contributed by atoms with van der Waals surface area (Å²) >= 11 is 6.70. The van der Waals surface area contributed by atoms with Gasteiger partial charge in [0, 0.05) is 16.6 Å². The highest BCUT2D eigenvalue weighted by atomic mass is 35.5. The fraction of sp³-hybridized carbons (Fsp3) is 0. The van der Waals surface area contributed by atoms with Crippen molar-refractivity contribution in [3.05, 3.63) is 35.1 Å². The summed E-state index contributed by atoms with van der Waals surface area (Å²) in [5, 5.41) is 4.49. The van der Waals surface area contributed by atoms with Gasteiger partial charge in [0.2, 0.25) is 0 Å². The maximum atomic E-state index is 10.8. The Morgan fingerprint density at radius 3 is 2.72 bits per heavy atom. The third-order valence-electron chi connectivity index (χ3n) is 1.85. The highest BCUT2D eigenvalue weighted by Gasteiger charge is 2.09. The molecule has 0 fully saturated rings. The smallest absolute Gasteiger partial charge is 0.200 e. The number of nitrogens with zero attached hydrogens (tertiary/aromatic N) is 3. The molecule has 18 heavy (non-hydrogen) atoms. The highest BCUT2D eigenvalue weighted by Crippen LogP contribution is 2.16. The zero-order valence-electron chi connectivity index (χ0n) is 8.91. The molecule has 1 heterocycles. The first-order chi connectivity index (χ1) is 8.69. The van der Waals surface area contributed by atoms with Crippen LogP contribution in [0, 0.1) is 0 Å². The number of halogens is 1. The van der Waals surface area contributed by atoms with E-state index in [1.165, 1.54) is 0 Å². The Morgan fingerprint density at radius 1 is 1.44 bits per heavy atom. The van der Waals surface area contributed by atoms with Crippen molar-refractivity contribution in [3.63, 3.8) is 0 Å². The van der Waals surface area contributed by atoms with Crippen molar-refractivity contribution in [2.24, 2.45) is 5.16 Å². The van der Waals surface area contributed by atoms with E-state index >= 15 is 0 Å². The van der Waals surface area contributed by atoms with E-state index in [0.717, 1.165) is 11.5 Å². The highest BCUT2D eigenvalue weighted by molar-refractivity contribution is 7.09. The predicted octanol–water partition coefficient (Wildman–Crippen LogP) is 1.76. The largest absolute Gasteiger partial charge is 0.374 e. The van der Waals surface area contributed by atoms with Crippen LogP contribution in [0.5, 0.6) is 5.75 Å². The summed E-state index contributed by atoms with van der Waals surface area (Å²) in [7, 11) is 0. The van der Waals surface area contributed by atoms with Crippen molar-refractivity contribution in [2.45, 2.75) is 0 Å². The van der Waals surface area contributed by atoms with Crippen LogP contribution in [0.15, 0.2) is 29.4 Å². The molecular weight excluding hydrogens is 276 g/mol. The van der Waals surface area contributed by atoms with E-state index in [0.29, 0.717) is 17.1 Å². The summed E-state index contributed by atoms with van der Waals surface area (Å²) in [6.45, 7) is 0. The van der Waals surface area contributed by atoms with E-state index < -0.39 is 0 Å². The van der Waals surface area contributed by atoms with Gasteiger partial charge in [-0.3, -0.25) is 4.79 Å². The second-order valence-electron chi connectivity index (χ2n) is 3.10. The lowest BCUT2D eigenvalue weighted by atomic mass is 10.3. The van der Waals surface area contributed by atoms with Crippen LogP contribution in [0.2, 0.25) is 5.02 Å². The first-order valence-corrected chi connectivity index (χ1v) is 5.89. The molecule has 2 rings (SSSR count). The van der Waals surface area contributed by atoms with Crippen LogP contribution in [0.25, 0.3) is 0 Å². The minimum absolute atomic E-state index is 0.0297. The lowest BCUT2D eigenvalue weighted by Gasteiger charge is -1.98. The number of carbonyl (C=O) groups is 1. The van der Waals surface area contributed by atoms with E-state index in [4.69, 9.17) is 22.2 Å². The average molecular weight is 283 g/mol. The fourth-order valence-corrected chi connectivity index (χ4v) is 1.62. The van der Waals surface area contributed by atoms with Crippen LogP contribution < -0.4 is 10.6 Å². The number of aromatic nitrogens is 2. The lowest BCUT2D eigenvalue weighted by molar-refractivity contribution is -0.102. The second-order valence-corrected chi connectivity index (χ2v) is 4.32. The van der Waals surface area contributed by atoms with E-state index in [2.05, 4.69) is 14.5 Å². The zero-order chi connectivity index (χ0) is 13.0. The van der Waals surface area contributed by atoms with Crippen molar-refractivity contribution < 1.29 is 9.63 Å². The van der Waals surface area contributed by atoms with Crippen LogP contribution in [0.3, 0.4) is 0 Å². The zero-order valence-corrected chi connectivity index (χ0v) is 10.5. The molecule has 2 aromatic rings. The number of benzene rings is 1. The van der Waals surface area contributed by atoms with E-state index in [1.54, 1.807) is 24.3 Å².